The average molecular weight is 386 g/mol. The van der Waals surface area contributed by atoms with Gasteiger partial charge in [0.05, 0.1) is 17.1 Å². The molecule has 0 bridgehead atoms. The van der Waals surface area contributed by atoms with Crippen LogP contribution in [0.15, 0.2) is 30.3 Å². The Hall–Kier alpha value is -2.31. The number of anilines is 2. The molecule has 0 fully saturated rings. The molecule has 0 amide bonds. The van der Waals surface area contributed by atoms with Gasteiger partial charge in [-0.25, -0.2) is 9.18 Å². The van der Waals surface area contributed by atoms with Gasteiger partial charge < -0.3 is 15.2 Å². The largest absolute Gasteiger partial charge is 0.479 e. The van der Waals surface area contributed by atoms with Crippen molar-refractivity contribution in [2.45, 2.75) is 13.3 Å². The Morgan fingerprint density at radius 1 is 1.24 bits per heavy atom. The van der Waals surface area contributed by atoms with E-state index in [9.17, 15) is 14.0 Å². The van der Waals surface area contributed by atoms with Crippen LogP contribution in [-0.4, -0.2) is 23.7 Å². The molecule has 2 N–H and O–H groups in total. The number of ether oxygens (including phenoxy) is 1. The highest BCUT2D eigenvalue weighted by atomic mass is 35.5. The van der Waals surface area contributed by atoms with Gasteiger partial charge in [0, 0.05) is 10.7 Å². The predicted octanol–water partition coefficient (Wildman–Crippen LogP) is 4.35. The van der Waals surface area contributed by atoms with Crippen molar-refractivity contribution in [2.75, 3.05) is 11.9 Å². The molecule has 2 aromatic carbocycles. The van der Waals surface area contributed by atoms with Gasteiger partial charge in [0.1, 0.15) is 5.82 Å². The summed E-state index contributed by atoms with van der Waals surface area (Å²) in [4.78, 5) is 22.2. The van der Waals surface area contributed by atoms with Crippen LogP contribution in [-0.2, 0) is 20.7 Å². The smallest absolute Gasteiger partial charge is 0.341 e. The highest BCUT2D eigenvalue weighted by Crippen LogP contribution is 2.33. The van der Waals surface area contributed by atoms with Crippen LogP contribution in [0.5, 0.6) is 0 Å². The van der Waals surface area contributed by atoms with E-state index in [4.69, 9.17) is 28.3 Å². The van der Waals surface area contributed by atoms with E-state index in [1.54, 1.807) is 18.2 Å². The number of carbonyl (C=O) groups excluding carboxylic acids is 1. The van der Waals surface area contributed by atoms with Crippen LogP contribution in [0.1, 0.15) is 11.1 Å². The van der Waals surface area contributed by atoms with Crippen LogP contribution in [0, 0.1) is 12.7 Å². The third kappa shape index (κ3) is 5.34. The molecule has 0 saturated carbocycles. The molecule has 0 unspecified atom stereocenters. The molecule has 0 aliphatic heterocycles. The van der Waals surface area contributed by atoms with Gasteiger partial charge in [-0.05, 0) is 30.7 Å². The quantitative estimate of drug-likeness (QED) is 0.722. The fourth-order valence-electron chi connectivity index (χ4n) is 2.14. The molecule has 132 valence electrons. The summed E-state index contributed by atoms with van der Waals surface area (Å²) in [5.74, 6) is -2.60. The second kappa shape index (κ2) is 8.18. The Morgan fingerprint density at radius 2 is 1.96 bits per heavy atom. The molecule has 0 spiro atoms. The Balaban J connectivity index is 2.27. The molecule has 0 atom stereocenters. The third-order valence-corrected chi connectivity index (χ3v) is 3.74. The van der Waals surface area contributed by atoms with Crippen molar-refractivity contribution in [1.29, 1.82) is 0 Å². The summed E-state index contributed by atoms with van der Waals surface area (Å²) in [6.07, 6.45) is -0.176. The van der Waals surface area contributed by atoms with Crippen molar-refractivity contribution in [3.63, 3.8) is 0 Å². The van der Waals surface area contributed by atoms with Crippen LogP contribution >= 0.6 is 23.2 Å². The monoisotopic (exact) mass is 385 g/mol. The summed E-state index contributed by atoms with van der Waals surface area (Å²) in [6.45, 7) is 1.11. The molecule has 5 nitrogen and oxygen atoms in total. The first kappa shape index (κ1) is 19.0. The van der Waals surface area contributed by atoms with Gasteiger partial charge in [-0.1, -0.05) is 40.9 Å². The number of aliphatic carboxylic acids is 1. The minimum absolute atomic E-state index is 0.0232. The van der Waals surface area contributed by atoms with E-state index in [0.29, 0.717) is 11.3 Å². The fraction of sp³-hybridized carbons (Fsp3) is 0.176. The van der Waals surface area contributed by atoms with Gasteiger partial charge in [-0.3, -0.25) is 4.79 Å². The van der Waals surface area contributed by atoms with E-state index in [1.165, 1.54) is 6.07 Å². The number of nitrogens with one attached hydrogen (secondary N) is 1. The van der Waals surface area contributed by atoms with Crippen molar-refractivity contribution in [3.8, 4) is 0 Å². The van der Waals surface area contributed by atoms with Crippen LogP contribution in [0.4, 0.5) is 15.8 Å². The minimum Gasteiger partial charge on any atom is -0.479 e. The SMILES string of the molecule is Cc1ccc(Nc2c(F)cc(Cl)cc2Cl)c(CC(=O)OCC(=O)O)c1. The number of carboxylic acids is 1. The van der Waals surface area contributed by atoms with Gasteiger partial charge >= 0.3 is 11.9 Å². The average Bonchev–Trinajstić information content (AvgIpc) is 2.50. The number of aryl methyl sites for hydroxylation is 1. The first-order chi connectivity index (χ1) is 11.8. The van der Waals surface area contributed by atoms with Gasteiger partial charge in [0.2, 0.25) is 0 Å². The topological polar surface area (TPSA) is 75.6 Å². The summed E-state index contributed by atoms with van der Waals surface area (Å²) >= 11 is 11.8. The molecule has 0 saturated heterocycles. The van der Waals surface area contributed by atoms with Gasteiger partial charge in [-0.2, -0.15) is 0 Å². The molecule has 0 aliphatic carbocycles. The van der Waals surface area contributed by atoms with Gasteiger partial charge in [-0.15, -0.1) is 0 Å². The zero-order valence-corrected chi connectivity index (χ0v) is 14.6. The second-order valence-corrected chi connectivity index (χ2v) is 6.10. The van der Waals surface area contributed by atoms with Gasteiger partial charge in [0.25, 0.3) is 0 Å². The minimum atomic E-state index is -1.24. The molecular formula is C17H14Cl2FNO4. The zero-order valence-electron chi connectivity index (χ0n) is 13.1. The first-order valence-corrected chi connectivity index (χ1v) is 7.90. The van der Waals surface area contributed by atoms with Crippen molar-refractivity contribution >= 4 is 46.5 Å². The lowest BCUT2D eigenvalue weighted by molar-refractivity contribution is -0.154. The number of esters is 1. The predicted molar refractivity (Wildman–Crippen MR) is 93.2 cm³/mol. The van der Waals surface area contributed by atoms with Crippen LogP contribution < -0.4 is 5.32 Å². The van der Waals surface area contributed by atoms with E-state index in [2.05, 4.69) is 10.1 Å². The molecule has 8 heteroatoms. The summed E-state index contributed by atoms with van der Waals surface area (Å²) in [7, 11) is 0. The Labute approximate surface area is 153 Å². The highest BCUT2D eigenvalue weighted by molar-refractivity contribution is 6.36. The summed E-state index contributed by atoms with van der Waals surface area (Å²) in [6, 6.07) is 7.66. The Bertz CT molecular complexity index is 803. The Morgan fingerprint density at radius 3 is 2.60 bits per heavy atom. The maximum absolute atomic E-state index is 14.1. The standard InChI is InChI=1S/C17H14Cl2FNO4/c1-9-2-3-14(10(4-9)5-16(24)25-8-15(22)23)21-17-12(19)6-11(18)7-13(17)20/h2-4,6-7,21H,5,8H2,1H3,(H,22,23). The van der Waals surface area contributed by atoms with Crippen LogP contribution in [0.2, 0.25) is 10.0 Å². The number of rotatable bonds is 6. The van der Waals surface area contributed by atoms with E-state index in [0.717, 1.165) is 11.6 Å². The molecule has 2 rings (SSSR count). The molecule has 0 heterocycles. The van der Waals surface area contributed by atoms with Crippen LogP contribution in [0.25, 0.3) is 0 Å². The molecule has 25 heavy (non-hydrogen) atoms. The van der Waals surface area contributed by atoms with Crippen LogP contribution in [0.3, 0.4) is 0 Å². The lowest BCUT2D eigenvalue weighted by atomic mass is 10.1. The number of carbonyl (C=O) groups is 2. The van der Waals surface area contributed by atoms with Crippen molar-refractivity contribution in [1.82, 2.24) is 0 Å². The fourth-order valence-corrected chi connectivity index (χ4v) is 2.65. The zero-order chi connectivity index (χ0) is 18.6. The van der Waals surface area contributed by atoms with Crippen molar-refractivity contribution in [2.24, 2.45) is 0 Å². The summed E-state index contributed by atoms with van der Waals surface area (Å²) < 4.78 is 18.7. The van der Waals surface area contributed by atoms with E-state index in [1.807, 2.05) is 6.92 Å². The molecule has 0 aliphatic rings. The van der Waals surface area contributed by atoms with Gasteiger partial charge in [0.15, 0.2) is 6.61 Å². The van der Waals surface area contributed by atoms with Crippen molar-refractivity contribution in [3.05, 3.63) is 57.3 Å². The number of hydrogen-bond acceptors (Lipinski definition) is 4. The summed E-state index contributed by atoms with van der Waals surface area (Å²) in [5, 5.41) is 11.6. The van der Waals surface area contributed by atoms with Crippen molar-refractivity contribution < 1.29 is 23.8 Å². The number of benzene rings is 2. The first-order valence-electron chi connectivity index (χ1n) is 7.14. The van der Waals surface area contributed by atoms with E-state index < -0.39 is 24.4 Å². The third-order valence-electron chi connectivity index (χ3n) is 3.22. The number of carboxylic acid groups (broad SMARTS) is 1. The lowest BCUT2D eigenvalue weighted by Gasteiger charge is -2.15. The highest BCUT2D eigenvalue weighted by Gasteiger charge is 2.15. The molecule has 0 aromatic heterocycles. The van der Waals surface area contributed by atoms with E-state index in [-0.39, 0.29) is 22.2 Å². The second-order valence-electron chi connectivity index (χ2n) is 5.26. The summed E-state index contributed by atoms with van der Waals surface area (Å²) in [5.41, 5.74) is 1.85. The number of hydrogen-bond donors (Lipinski definition) is 2. The lowest BCUT2D eigenvalue weighted by Crippen LogP contribution is -2.15. The van der Waals surface area contributed by atoms with E-state index >= 15 is 0 Å². The molecule has 0 radical (unpaired) electrons. The normalized spacial score (nSPS) is 10.4. The molecule has 2 aromatic rings. The number of halogens is 3. The molecular weight excluding hydrogens is 372 g/mol. The maximum Gasteiger partial charge on any atom is 0.341 e. The maximum atomic E-state index is 14.1. The Kier molecular flexibility index (Phi) is 6.22.